The van der Waals surface area contributed by atoms with Crippen molar-refractivity contribution in [2.45, 2.75) is 45.6 Å². The van der Waals surface area contributed by atoms with Crippen LogP contribution in [0.15, 0.2) is 42.5 Å². The number of anilines is 2. The zero-order chi connectivity index (χ0) is 22.0. The lowest BCUT2D eigenvalue weighted by molar-refractivity contribution is -0.123. The minimum absolute atomic E-state index is 0.241. The Bertz CT molecular complexity index is 1170. The topological polar surface area (TPSA) is 84.5 Å². The van der Waals surface area contributed by atoms with Crippen molar-refractivity contribution in [1.82, 2.24) is 0 Å². The first-order valence-corrected chi connectivity index (χ1v) is 11.2. The lowest BCUT2D eigenvalue weighted by Crippen LogP contribution is -2.30. The molecule has 1 aromatic heterocycles. The number of hydrogen-bond acceptors (Lipinski definition) is 5. The van der Waals surface area contributed by atoms with Gasteiger partial charge in [-0.25, -0.2) is 4.79 Å². The maximum Gasteiger partial charge on any atom is 0.342 e. The third kappa shape index (κ3) is 4.61. The van der Waals surface area contributed by atoms with Crippen molar-refractivity contribution in [3.8, 4) is 0 Å². The monoisotopic (exact) mass is 436 g/mol. The molecule has 2 aromatic carbocycles. The van der Waals surface area contributed by atoms with Gasteiger partial charge in [0.2, 0.25) is 5.91 Å². The van der Waals surface area contributed by atoms with E-state index in [0.29, 0.717) is 16.3 Å². The minimum atomic E-state index is -0.983. The van der Waals surface area contributed by atoms with Crippen molar-refractivity contribution in [2.75, 3.05) is 10.6 Å². The van der Waals surface area contributed by atoms with Crippen LogP contribution in [0.1, 0.15) is 47.5 Å². The Morgan fingerprint density at radius 3 is 2.52 bits per heavy atom. The maximum atomic E-state index is 13.0. The molecule has 0 saturated heterocycles. The molecular weight excluding hydrogens is 412 g/mol. The lowest BCUT2D eigenvalue weighted by Gasteiger charge is -2.16. The number of thiophene rings is 1. The van der Waals surface area contributed by atoms with Gasteiger partial charge in [-0.3, -0.25) is 9.59 Å². The fourth-order valence-corrected chi connectivity index (χ4v) is 5.14. The largest absolute Gasteiger partial charge is 0.449 e. The van der Waals surface area contributed by atoms with Crippen molar-refractivity contribution in [2.24, 2.45) is 0 Å². The molecule has 0 fully saturated rings. The normalized spacial score (nSPS) is 13.9. The number of carbonyl (C=O) groups is 3. The van der Waals surface area contributed by atoms with Crippen molar-refractivity contribution in [1.29, 1.82) is 0 Å². The molecule has 1 atom stereocenters. The smallest absolute Gasteiger partial charge is 0.342 e. The van der Waals surface area contributed by atoms with Crippen LogP contribution in [0, 0.1) is 0 Å². The van der Waals surface area contributed by atoms with Crippen LogP contribution >= 0.6 is 11.3 Å². The van der Waals surface area contributed by atoms with Crippen LogP contribution in [-0.4, -0.2) is 23.9 Å². The van der Waals surface area contributed by atoms with Crippen LogP contribution in [0.25, 0.3) is 10.8 Å². The highest BCUT2D eigenvalue weighted by atomic mass is 32.1. The summed E-state index contributed by atoms with van der Waals surface area (Å²) in [5.41, 5.74) is 1.96. The number of aryl methyl sites for hydroxylation is 1. The number of ether oxygens (including phenoxy) is 1. The highest BCUT2D eigenvalue weighted by Gasteiger charge is 2.29. The second kappa shape index (κ2) is 8.89. The van der Waals surface area contributed by atoms with Gasteiger partial charge in [0.25, 0.3) is 5.91 Å². The van der Waals surface area contributed by atoms with Crippen LogP contribution in [0.5, 0.6) is 0 Å². The SMILES string of the molecule is CC(=O)Nc1sc2c(c1C(=O)OC(C)C(=O)Nc1ccc3ccccc3c1)CCCC2. The van der Waals surface area contributed by atoms with Crippen LogP contribution in [0.4, 0.5) is 10.7 Å². The number of hydrogen-bond donors (Lipinski definition) is 2. The van der Waals surface area contributed by atoms with Crippen molar-refractivity contribution in [3.05, 3.63) is 58.5 Å². The van der Waals surface area contributed by atoms with Crippen molar-refractivity contribution >= 4 is 50.6 Å². The molecule has 6 nitrogen and oxygen atoms in total. The molecule has 0 radical (unpaired) electrons. The Labute approximate surface area is 184 Å². The van der Waals surface area contributed by atoms with E-state index in [1.54, 1.807) is 6.92 Å². The molecule has 0 aliphatic heterocycles. The van der Waals surface area contributed by atoms with E-state index in [1.807, 2.05) is 42.5 Å². The number of rotatable bonds is 5. The minimum Gasteiger partial charge on any atom is -0.449 e. The summed E-state index contributed by atoms with van der Waals surface area (Å²) in [6.07, 6.45) is 2.72. The molecule has 0 saturated carbocycles. The summed E-state index contributed by atoms with van der Waals surface area (Å²) in [5.74, 6) is -1.23. The Morgan fingerprint density at radius 1 is 1.00 bits per heavy atom. The van der Waals surface area contributed by atoms with E-state index in [0.717, 1.165) is 46.9 Å². The van der Waals surface area contributed by atoms with Gasteiger partial charge in [-0.05, 0) is 61.1 Å². The Hall–Kier alpha value is -3.19. The Balaban J connectivity index is 1.49. The first-order chi connectivity index (χ1) is 14.9. The standard InChI is InChI=1S/C24H24N2O4S/c1-14(22(28)26-18-12-11-16-7-3-4-8-17(16)13-18)30-24(29)21-19-9-5-6-10-20(19)31-23(21)25-15(2)27/h3-4,7-8,11-14H,5-6,9-10H2,1-2H3,(H,25,27)(H,26,28). The van der Waals surface area contributed by atoms with Gasteiger partial charge in [0, 0.05) is 17.5 Å². The van der Waals surface area contributed by atoms with Gasteiger partial charge >= 0.3 is 5.97 Å². The van der Waals surface area contributed by atoms with E-state index in [9.17, 15) is 14.4 Å². The van der Waals surface area contributed by atoms with Gasteiger partial charge in [-0.2, -0.15) is 0 Å². The predicted molar refractivity (Wildman–Crippen MR) is 123 cm³/mol. The van der Waals surface area contributed by atoms with E-state index in [4.69, 9.17) is 4.74 Å². The van der Waals surface area contributed by atoms with E-state index in [2.05, 4.69) is 10.6 Å². The number of nitrogens with one attached hydrogen (secondary N) is 2. The fraction of sp³-hybridized carbons (Fsp3) is 0.292. The average molecular weight is 437 g/mol. The van der Waals surface area contributed by atoms with Gasteiger partial charge in [-0.1, -0.05) is 30.3 Å². The highest BCUT2D eigenvalue weighted by molar-refractivity contribution is 7.17. The summed E-state index contributed by atoms with van der Waals surface area (Å²) in [7, 11) is 0. The van der Waals surface area contributed by atoms with Crippen LogP contribution in [-0.2, 0) is 27.2 Å². The summed E-state index contributed by atoms with van der Waals surface area (Å²) in [6, 6.07) is 13.5. The zero-order valence-corrected chi connectivity index (χ0v) is 18.3. The molecule has 1 aliphatic carbocycles. The molecule has 160 valence electrons. The van der Waals surface area contributed by atoms with Crippen molar-refractivity contribution in [3.63, 3.8) is 0 Å². The molecule has 1 aliphatic rings. The second-order valence-corrected chi connectivity index (χ2v) is 8.80. The first kappa shape index (κ1) is 21.1. The number of fused-ring (bicyclic) bond motifs is 2. The third-order valence-corrected chi connectivity index (χ3v) is 6.54. The maximum absolute atomic E-state index is 13.0. The molecule has 1 heterocycles. The van der Waals surface area contributed by atoms with Crippen LogP contribution in [0.3, 0.4) is 0 Å². The predicted octanol–water partition coefficient (Wildman–Crippen LogP) is 4.92. The summed E-state index contributed by atoms with van der Waals surface area (Å²) in [6.45, 7) is 2.96. The zero-order valence-electron chi connectivity index (χ0n) is 17.5. The molecular formula is C24H24N2O4S. The Morgan fingerprint density at radius 2 is 1.74 bits per heavy atom. The van der Waals surface area contributed by atoms with E-state index < -0.39 is 18.0 Å². The van der Waals surface area contributed by atoms with Crippen LogP contribution in [0.2, 0.25) is 0 Å². The quantitative estimate of drug-likeness (QED) is 0.556. The summed E-state index contributed by atoms with van der Waals surface area (Å²) < 4.78 is 5.51. The number of esters is 1. The Kier molecular flexibility index (Phi) is 6.04. The van der Waals surface area contributed by atoms with Gasteiger partial charge in [0.05, 0.1) is 5.56 Å². The molecule has 7 heteroatoms. The molecule has 3 aromatic rings. The summed E-state index contributed by atoms with van der Waals surface area (Å²) >= 11 is 1.42. The van der Waals surface area contributed by atoms with Gasteiger partial charge < -0.3 is 15.4 Å². The van der Waals surface area contributed by atoms with Gasteiger partial charge in [0.15, 0.2) is 6.10 Å². The highest BCUT2D eigenvalue weighted by Crippen LogP contribution is 2.38. The third-order valence-electron chi connectivity index (χ3n) is 5.34. The molecule has 2 N–H and O–H groups in total. The number of benzene rings is 2. The van der Waals surface area contributed by atoms with Gasteiger partial charge in [0.1, 0.15) is 5.00 Å². The van der Waals surface area contributed by atoms with E-state index in [-0.39, 0.29) is 5.91 Å². The molecule has 4 rings (SSSR count). The lowest BCUT2D eigenvalue weighted by atomic mass is 9.95. The molecule has 0 bridgehead atoms. The van der Waals surface area contributed by atoms with Crippen molar-refractivity contribution < 1.29 is 19.1 Å². The molecule has 1 unspecified atom stereocenters. The molecule has 0 spiro atoms. The van der Waals surface area contributed by atoms with E-state index >= 15 is 0 Å². The van der Waals surface area contributed by atoms with Gasteiger partial charge in [-0.15, -0.1) is 11.3 Å². The fourth-order valence-electron chi connectivity index (χ4n) is 3.81. The van der Waals surface area contributed by atoms with E-state index in [1.165, 1.54) is 18.3 Å². The second-order valence-electron chi connectivity index (χ2n) is 7.69. The average Bonchev–Trinajstić information content (AvgIpc) is 3.10. The molecule has 31 heavy (non-hydrogen) atoms. The number of carbonyl (C=O) groups excluding carboxylic acids is 3. The van der Waals surface area contributed by atoms with Crippen LogP contribution < -0.4 is 10.6 Å². The summed E-state index contributed by atoms with van der Waals surface area (Å²) in [5, 5.41) is 8.15. The first-order valence-electron chi connectivity index (χ1n) is 10.3. The number of amides is 2. The molecule has 2 amide bonds. The summed E-state index contributed by atoms with van der Waals surface area (Å²) in [4.78, 5) is 38.3.